The molecule has 2 N–H and O–H groups in total. The van der Waals surface area contributed by atoms with Crippen molar-refractivity contribution >= 4 is 0 Å². The second kappa shape index (κ2) is 5.04. The lowest BCUT2D eigenvalue weighted by Crippen LogP contribution is -2.48. The normalized spacial score (nSPS) is 38.7. The fourth-order valence-electron chi connectivity index (χ4n) is 5.16. The van der Waals surface area contributed by atoms with Gasteiger partial charge in [0.25, 0.3) is 0 Å². The van der Waals surface area contributed by atoms with E-state index in [0.29, 0.717) is 17.4 Å². The van der Waals surface area contributed by atoms with Gasteiger partial charge in [-0.15, -0.1) is 0 Å². The van der Waals surface area contributed by atoms with Crippen LogP contribution in [0.4, 0.5) is 0 Å². The maximum atomic E-state index is 6.72. The largest absolute Gasteiger partial charge is 0.375 e. The van der Waals surface area contributed by atoms with Crippen molar-refractivity contribution in [1.82, 2.24) is 0 Å². The summed E-state index contributed by atoms with van der Waals surface area (Å²) in [5.74, 6) is 1.43. The van der Waals surface area contributed by atoms with Gasteiger partial charge in [-0.1, -0.05) is 33.1 Å². The Balaban J connectivity index is 1.68. The SMILES string of the molecule is CC1(C)CCCC1C(N)C1CCOC2(CCCC2)C1. The summed E-state index contributed by atoms with van der Waals surface area (Å²) in [5, 5.41) is 0. The zero-order valence-corrected chi connectivity index (χ0v) is 12.8. The maximum Gasteiger partial charge on any atom is 0.0685 e. The smallest absolute Gasteiger partial charge is 0.0685 e. The van der Waals surface area contributed by atoms with Crippen molar-refractivity contribution in [2.24, 2.45) is 23.0 Å². The lowest BCUT2D eigenvalue weighted by Gasteiger charge is -2.44. The van der Waals surface area contributed by atoms with Gasteiger partial charge in [-0.2, -0.15) is 0 Å². The third-order valence-electron chi connectivity index (χ3n) is 6.39. The summed E-state index contributed by atoms with van der Waals surface area (Å²) in [6.07, 6.45) is 11.8. The van der Waals surface area contributed by atoms with Gasteiger partial charge >= 0.3 is 0 Å². The molecule has 2 nitrogen and oxygen atoms in total. The molecule has 2 saturated carbocycles. The Bertz CT molecular complexity index is 319. The van der Waals surface area contributed by atoms with E-state index in [1.54, 1.807) is 0 Å². The van der Waals surface area contributed by atoms with Gasteiger partial charge in [0.05, 0.1) is 5.60 Å². The topological polar surface area (TPSA) is 35.2 Å². The maximum absolute atomic E-state index is 6.72. The van der Waals surface area contributed by atoms with Crippen LogP contribution in [0, 0.1) is 17.3 Å². The van der Waals surface area contributed by atoms with Crippen molar-refractivity contribution in [2.75, 3.05) is 6.61 Å². The van der Waals surface area contributed by atoms with Gasteiger partial charge in [0.15, 0.2) is 0 Å². The standard InChI is InChI=1S/C17H31NO/c1-16(2)8-5-6-14(16)15(18)13-7-11-19-17(12-13)9-3-4-10-17/h13-15H,3-12,18H2,1-2H3. The van der Waals surface area contributed by atoms with Crippen molar-refractivity contribution in [3.8, 4) is 0 Å². The van der Waals surface area contributed by atoms with Crippen molar-refractivity contribution < 1.29 is 4.74 Å². The average Bonchev–Trinajstić information content (AvgIpc) is 2.95. The molecule has 3 aliphatic rings. The molecule has 2 heteroatoms. The first kappa shape index (κ1) is 13.9. The quantitative estimate of drug-likeness (QED) is 0.822. The number of hydrogen-bond acceptors (Lipinski definition) is 2. The summed E-state index contributed by atoms with van der Waals surface area (Å²) in [5.41, 5.74) is 7.41. The van der Waals surface area contributed by atoms with Gasteiger partial charge in [-0.3, -0.25) is 0 Å². The van der Waals surface area contributed by atoms with Gasteiger partial charge in [-0.05, 0) is 55.8 Å². The number of rotatable bonds is 2. The van der Waals surface area contributed by atoms with Crippen LogP contribution in [0.1, 0.15) is 71.6 Å². The molecular formula is C17H31NO. The van der Waals surface area contributed by atoms with Crippen molar-refractivity contribution in [2.45, 2.75) is 83.3 Å². The fourth-order valence-corrected chi connectivity index (χ4v) is 5.16. The predicted octanol–water partition coefficient (Wildman–Crippen LogP) is 3.88. The first-order valence-electron chi connectivity index (χ1n) is 8.42. The predicted molar refractivity (Wildman–Crippen MR) is 79.0 cm³/mol. The molecule has 110 valence electrons. The summed E-state index contributed by atoms with van der Waals surface area (Å²) in [6.45, 7) is 5.80. The highest BCUT2D eigenvalue weighted by Gasteiger charge is 2.46. The second-order valence-electron chi connectivity index (χ2n) is 8.06. The van der Waals surface area contributed by atoms with E-state index in [-0.39, 0.29) is 5.60 Å². The monoisotopic (exact) mass is 265 g/mol. The highest BCUT2D eigenvalue weighted by Crippen LogP contribution is 2.49. The van der Waals surface area contributed by atoms with Crippen LogP contribution in [0.25, 0.3) is 0 Å². The van der Waals surface area contributed by atoms with Crippen LogP contribution in [-0.2, 0) is 4.74 Å². The van der Waals surface area contributed by atoms with Crippen LogP contribution < -0.4 is 5.73 Å². The van der Waals surface area contributed by atoms with Gasteiger partial charge < -0.3 is 10.5 Å². The zero-order valence-electron chi connectivity index (χ0n) is 12.8. The molecule has 3 atom stereocenters. The molecule has 0 bridgehead atoms. The first-order chi connectivity index (χ1) is 9.03. The third-order valence-corrected chi connectivity index (χ3v) is 6.39. The highest BCUT2D eigenvalue weighted by atomic mass is 16.5. The molecule has 2 aliphatic carbocycles. The lowest BCUT2D eigenvalue weighted by atomic mass is 9.70. The Morgan fingerprint density at radius 3 is 2.42 bits per heavy atom. The van der Waals surface area contributed by atoms with E-state index in [4.69, 9.17) is 10.5 Å². The molecule has 0 aromatic rings. The molecule has 0 aromatic carbocycles. The second-order valence-corrected chi connectivity index (χ2v) is 8.06. The Kier molecular flexibility index (Phi) is 3.68. The van der Waals surface area contributed by atoms with Crippen molar-refractivity contribution in [3.05, 3.63) is 0 Å². The van der Waals surface area contributed by atoms with E-state index < -0.39 is 0 Å². The van der Waals surface area contributed by atoms with E-state index in [0.717, 1.165) is 12.5 Å². The molecule has 1 saturated heterocycles. The van der Waals surface area contributed by atoms with Gasteiger partial charge in [0.1, 0.15) is 0 Å². The first-order valence-corrected chi connectivity index (χ1v) is 8.42. The van der Waals surface area contributed by atoms with Crippen LogP contribution in [0.3, 0.4) is 0 Å². The molecule has 3 unspecified atom stereocenters. The van der Waals surface area contributed by atoms with Crippen molar-refractivity contribution in [1.29, 1.82) is 0 Å². The molecular weight excluding hydrogens is 234 g/mol. The Morgan fingerprint density at radius 1 is 1.05 bits per heavy atom. The Morgan fingerprint density at radius 2 is 1.79 bits per heavy atom. The zero-order chi connectivity index (χ0) is 13.5. The van der Waals surface area contributed by atoms with E-state index in [1.165, 1.54) is 57.8 Å². The van der Waals surface area contributed by atoms with Crippen LogP contribution >= 0.6 is 0 Å². The number of nitrogens with two attached hydrogens (primary N) is 1. The average molecular weight is 265 g/mol. The minimum atomic E-state index is 0.225. The highest BCUT2D eigenvalue weighted by molar-refractivity contribution is 4.98. The van der Waals surface area contributed by atoms with Gasteiger partial charge in [0.2, 0.25) is 0 Å². The molecule has 0 amide bonds. The number of ether oxygens (including phenoxy) is 1. The molecule has 3 fully saturated rings. The summed E-state index contributed by atoms with van der Waals surface area (Å²) in [4.78, 5) is 0. The molecule has 1 aliphatic heterocycles. The lowest BCUT2D eigenvalue weighted by molar-refractivity contribution is -0.101. The van der Waals surface area contributed by atoms with E-state index >= 15 is 0 Å². The van der Waals surface area contributed by atoms with Crippen LogP contribution in [0.15, 0.2) is 0 Å². The van der Waals surface area contributed by atoms with Crippen LogP contribution in [-0.4, -0.2) is 18.2 Å². The molecule has 1 spiro atoms. The summed E-state index contributed by atoms with van der Waals surface area (Å²) < 4.78 is 6.17. The molecule has 0 aromatic heterocycles. The van der Waals surface area contributed by atoms with Gasteiger partial charge in [-0.25, -0.2) is 0 Å². The van der Waals surface area contributed by atoms with Crippen LogP contribution in [0.5, 0.6) is 0 Å². The Labute approximate surface area is 118 Å². The van der Waals surface area contributed by atoms with E-state index in [9.17, 15) is 0 Å². The fraction of sp³-hybridized carbons (Fsp3) is 1.00. The number of hydrogen-bond donors (Lipinski definition) is 1. The van der Waals surface area contributed by atoms with E-state index in [2.05, 4.69) is 13.8 Å². The summed E-state index contributed by atoms with van der Waals surface area (Å²) in [7, 11) is 0. The third kappa shape index (κ3) is 2.58. The minimum absolute atomic E-state index is 0.225. The van der Waals surface area contributed by atoms with Crippen LogP contribution in [0.2, 0.25) is 0 Å². The Hall–Kier alpha value is -0.0800. The minimum Gasteiger partial charge on any atom is -0.375 e. The van der Waals surface area contributed by atoms with Gasteiger partial charge in [0, 0.05) is 12.6 Å². The molecule has 0 radical (unpaired) electrons. The van der Waals surface area contributed by atoms with Crippen molar-refractivity contribution in [3.63, 3.8) is 0 Å². The molecule has 1 heterocycles. The summed E-state index contributed by atoms with van der Waals surface area (Å²) in [6, 6.07) is 0.402. The molecule has 3 rings (SSSR count). The molecule has 19 heavy (non-hydrogen) atoms. The van der Waals surface area contributed by atoms with E-state index in [1.807, 2.05) is 0 Å². The summed E-state index contributed by atoms with van der Waals surface area (Å²) >= 11 is 0.